The number of ether oxygens (including phenoxy) is 2. The highest BCUT2D eigenvalue weighted by Crippen LogP contribution is 2.11. The number of methoxy groups -OCH3 is 1. The van der Waals surface area contributed by atoms with E-state index in [1.807, 2.05) is 30.3 Å². The quantitative estimate of drug-likeness (QED) is 0.763. The third-order valence-corrected chi connectivity index (χ3v) is 2.53. The Bertz CT molecular complexity index is 475. The maximum Gasteiger partial charge on any atom is 0.347 e. The van der Waals surface area contributed by atoms with Crippen molar-refractivity contribution in [1.82, 2.24) is 9.97 Å². The van der Waals surface area contributed by atoms with Crippen LogP contribution in [0.3, 0.4) is 0 Å². The lowest BCUT2D eigenvalue weighted by molar-refractivity contribution is -0.148. The van der Waals surface area contributed by atoms with Crippen LogP contribution in [-0.2, 0) is 16.0 Å². The number of rotatable bonds is 5. The second-order valence-corrected chi connectivity index (χ2v) is 3.86. The lowest BCUT2D eigenvalue weighted by Crippen LogP contribution is -2.31. The fourth-order valence-electron chi connectivity index (χ4n) is 1.62. The van der Waals surface area contributed by atoms with Gasteiger partial charge in [-0.2, -0.15) is 0 Å². The molecule has 1 aromatic heterocycles. The molecule has 0 aliphatic rings. The number of nitrogens with zero attached hydrogens (tertiary/aromatic N) is 2. The van der Waals surface area contributed by atoms with Gasteiger partial charge < -0.3 is 9.47 Å². The number of hydrogen-bond donors (Lipinski definition) is 0. The van der Waals surface area contributed by atoms with Crippen molar-refractivity contribution in [2.45, 2.75) is 12.5 Å². The van der Waals surface area contributed by atoms with Crippen LogP contribution in [0.5, 0.6) is 5.88 Å². The molecule has 5 heteroatoms. The van der Waals surface area contributed by atoms with Crippen LogP contribution in [0.15, 0.2) is 48.9 Å². The van der Waals surface area contributed by atoms with Crippen LogP contribution in [0.2, 0.25) is 0 Å². The van der Waals surface area contributed by atoms with Crippen molar-refractivity contribution in [2.75, 3.05) is 7.11 Å². The minimum absolute atomic E-state index is 0.300. The second-order valence-electron chi connectivity index (χ2n) is 3.86. The molecule has 0 radical (unpaired) electrons. The zero-order valence-electron chi connectivity index (χ0n) is 10.5. The molecule has 0 fully saturated rings. The van der Waals surface area contributed by atoms with Crippen LogP contribution in [0, 0.1) is 0 Å². The number of benzene rings is 1. The lowest BCUT2D eigenvalue weighted by atomic mass is 10.1. The average molecular weight is 258 g/mol. The molecule has 0 aliphatic carbocycles. The van der Waals surface area contributed by atoms with E-state index in [4.69, 9.17) is 9.47 Å². The Morgan fingerprint density at radius 2 is 2.05 bits per heavy atom. The Morgan fingerprint density at radius 1 is 1.26 bits per heavy atom. The van der Waals surface area contributed by atoms with Crippen molar-refractivity contribution in [3.05, 3.63) is 54.5 Å². The molecule has 98 valence electrons. The van der Waals surface area contributed by atoms with E-state index in [1.165, 1.54) is 25.7 Å². The van der Waals surface area contributed by atoms with Crippen molar-refractivity contribution < 1.29 is 14.3 Å². The second kappa shape index (κ2) is 6.49. The smallest absolute Gasteiger partial charge is 0.347 e. The number of esters is 1. The Hall–Kier alpha value is -2.43. The number of carbonyl (C=O) groups is 1. The molecule has 5 nitrogen and oxygen atoms in total. The molecule has 1 heterocycles. The summed E-state index contributed by atoms with van der Waals surface area (Å²) in [5.74, 6) is -0.136. The highest BCUT2D eigenvalue weighted by Gasteiger charge is 2.22. The summed E-state index contributed by atoms with van der Waals surface area (Å²) >= 11 is 0. The van der Waals surface area contributed by atoms with Gasteiger partial charge in [0.2, 0.25) is 12.0 Å². The first kappa shape index (κ1) is 13.0. The van der Waals surface area contributed by atoms with Crippen LogP contribution in [0.1, 0.15) is 5.56 Å². The molecule has 0 spiro atoms. The fourth-order valence-corrected chi connectivity index (χ4v) is 1.62. The fraction of sp³-hybridized carbons (Fsp3) is 0.214. The molecule has 1 aromatic carbocycles. The highest BCUT2D eigenvalue weighted by atomic mass is 16.6. The summed E-state index contributed by atoms with van der Waals surface area (Å²) in [6.07, 6.45) is 4.19. The van der Waals surface area contributed by atoms with Crippen LogP contribution in [0.25, 0.3) is 0 Å². The molecule has 19 heavy (non-hydrogen) atoms. The number of aromatic nitrogens is 2. The van der Waals surface area contributed by atoms with Crippen molar-refractivity contribution in [2.24, 2.45) is 0 Å². The van der Waals surface area contributed by atoms with Gasteiger partial charge in [0.15, 0.2) is 0 Å². The highest BCUT2D eigenvalue weighted by molar-refractivity contribution is 5.75. The Morgan fingerprint density at radius 3 is 2.68 bits per heavy atom. The van der Waals surface area contributed by atoms with Gasteiger partial charge in [-0.25, -0.2) is 9.78 Å². The third-order valence-electron chi connectivity index (χ3n) is 2.53. The largest absolute Gasteiger partial charge is 0.466 e. The van der Waals surface area contributed by atoms with E-state index in [0.717, 1.165) is 5.56 Å². The maximum atomic E-state index is 11.7. The zero-order chi connectivity index (χ0) is 13.5. The van der Waals surface area contributed by atoms with E-state index in [1.54, 1.807) is 0 Å². The molecule has 0 aliphatic heterocycles. The van der Waals surface area contributed by atoms with Gasteiger partial charge in [0.25, 0.3) is 0 Å². The molecule has 0 bridgehead atoms. The van der Waals surface area contributed by atoms with E-state index in [2.05, 4.69) is 9.97 Å². The van der Waals surface area contributed by atoms with Gasteiger partial charge in [-0.1, -0.05) is 30.3 Å². The standard InChI is InChI=1S/C14H14N2O3/c1-18-14(17)12(9-11-5-3-2-4-6-11)19-13-10-15-7-8-16-13/h2-8,10,12H,9H2,1H3/t12-/m0/s1. The Labute approximate surface area is 111 Å². The van der Waals surface area contributed by atoms with Gasteiger partial charge in [-0.3, -0.25) is 4.98 Å². The van der Waals surface area contributed by atoms with Crippen LogP contribution < -0.4 is 4.74 Å². The SMILES string of the molecule is COC(=O)[C@H](Cc1ccccc1)Oc1cnccn1. The van der Waals surface area contributed by atoms with Crippen molar-refractivity contribution in [3.63, 3.8) is 0 Å². The van der Waals surface area contributed by atoms with Gasteiger partial charge in [0.05, 0.1) is 13.3 Å². The summed E-state index contributed by atoms with van der Waals surface area (Å²) in [5, 5.41) is 0. The summed E-state index contributed by atoms with van der Waals surface area (Å²) in [5.41, 5.74) is 0.988. The van der Waals surface area contributed by atoms with Gasteiger partial charge in [0.1, 0.15) is 0 Å². The summed E-state index contributed by atoms with van der Waals surface area (Å²) in [4.78, 5) is 19.6. The minimum atomic E-state index is -0.732. The molecule has 0 saturated carbocycles. The van der Waals surface area contributed by atoms with Gasteiger partial charge in [-0.05, 0) is 5.56 Å². The Balaban J connectivity index is 2.10. The lowest BCUT2D eigenvalue weighted by Gasteiger charge is -2.15. The van der Waals surface area contributed by atoms with Crippen molar-refractivity contribution >= 4 is 5.97 Å². The number of carbonyl (C=O) groups excluding carboxylic acids is 1. The minimum Gasteiger partial charge on any atom is -0.466 e. The molecule has 0 N–H and O–H groups in total. The molecule has 1 atom stereocenters. The van der Waals surface area contributed by atoms with Crippen LogP contribution in [0.4, 0.5) is 0 Å². The normalized spacial score (nSPS) is 11.6. The predicted octanol–water partition coefficient (Wildman–Crippen LogP) is 1.64. The first-order chi connectivity index (χ1) is 9.29. The average Bonchev–Trinajstić information content (AvgIpc) is 2.48. The van der Waals surface area contributed by atoms with Crippen molar-refractivity contribution in [1.29, 1.82) is 0 Å². The predicted molar refractivity (Wildman–Crippen MR) is 68.6 cm³/mol. The summed E-state index contributed by atoms with van der Waals surface area (Å²) in [6, 6.07) is 9.59. The van der Waals surface area contributed by atoms with E-state index in [-0.39, 0.29) is 0 Å². The molecule has 0 amide bonds. The van der Waals surface area contributed by atoms with Gasteiger partial charge in [0, 0.05) is 18.8 Å². The summed E-state index contributed by atoms with van der Waals surface area (Å²) in [6.45, 7) is 0. The molecule has 0 saturated heterocycles. The van der Waals surface area contributed by atoms with E-state index >= 15 is 0 Å². The molecular weight excluding hydrogens is 244 g/mol. The zero-order valence-corrected chi connectivity index (χ0v) is 10.5. The third kappa shape index (κ3) is 3.77. The topological polar surface area (TPSA) is 61.3 Å². The van der Waals surface area contributed by atoms with Gasteiger partial charge in [-0.15, -0.1) is 0 Å². The summed E-state index contributed by atoms with van der Waals surface area (Å²) < 4.78 is 10.3. The van der Waals surface area contributed by atoms with E-state index in [9.17, 15) is 4.79 Å². The Kier molecular flexibility index (Phi) is 4.44. The van der Waals surface area contributed by atoms with E-state index in [0.29, 0.717) is 12.3 Å². The number of hydrogen-bond acceptors (Lipinski definition) is 5. The molecule has 0 unspecified atom stereocenters. The molecular formula is C14H14N2O3. The first-order valence-electron chi connectivity index (χ1n) is 5.84. The monoisotopic (exact) mass is 258 g/mol. The van der Waals surface area contributed by atoms with Gasteiger partial charge >= 0.3 is 5.97 Å². The summed E-state index contributed by atoms with van der Waals surface area (Å²) in [7, 11) is 1.33. The van der Waals surface area contributed by atoms with Crippen molar-refractivity contribution in [3.8, 4) is 5.88 Å². The first-order valence-corrected chi connectivity index (χ1v) is 5.84. The van der Waals surface area contributed by atoms with E-state index < -0.39 is 12.1 Å². The molecule has 2 rings (SSSR count). The van der Waals surface area contributed by atoms with Crippen LogP contribution >= 0.6 is 0 Å². The molecule has 2 aromatic rings. The maximum absolute atomic E-state index is 11.7. The van der Waals surface area contributed by atoms with Crippen LogP contribution in [-0.4, -0.2) is 29.2 Å².